The lowest BCUT2D eigenvalue weighted by Gasteiger charge is -1.88. The molecule has 3 N–H and O–H groups in total. The second-order valence-corrected chi connectivity index (χ2v) is 4.40. The first kappa shape index (κ1) is 10.2. The lowest BCUT2D eigenvalue weighted by atomic mass is 10.4. The van der Waals surface area contributed by atoms with Gasteiger partial charge in [0.2, 0.25) is 5.82 Å². The number of hydrogen-bond acceptors (Lipinski definition) is 5. The Hall–Kier alpha value is -1.92. The summed E-state index contributed by atoms with van der Waals surface area (Å²) in [5, 5.41) is 9.01. The maximum absolute atomic E-state index is 5.48. The molecule has 0 saturated heterocycles. The van der Waals surface area contributed by atoms with Crippen LogP contribution in [-0.4, -0.2) is 15.2 Å². The highest BCUT2D eigenvalue weighted by Gasteiger charge is 2.11. The summed E-state index contributed by atoms with van der Waals surface area (Å²) in [5.74, 6) is 2.65. The van der Waals surface area contributed by atoms with Crippen molar-refractivity contribution >= 4 is 11.3 Å². The molecule has 0 fully saturated rings. The van der Waals surface area contributed by atoms with Crippen LogP contribution in [0.5, 0.6) is 0 Å². The third-order valence-electron chi connectivity index (χ3n) is 2.32. The molecular weight excluding hydrogens is 236 g/mol. The number of thiophene rings is 1. The van der Waals surface area contributed by atoms with Crippen LogP contribution in [0.15, 0.2) is 34.1 Å². The van der Waals surface area contributed by atoms with E-state index in [0.717, 1.165) is 16.5 Å². The van der Waals surface area contributed by atoms with Gasteiger partial charge in [0.15, 0.2) is 11.6 Å². The zero-order valence-corrected chi connectivity index (χ0v) is 9.70. The number of rotatable bonds is 3. The molecule has 0 unspecified atom stereocenters. The molecule has 3 rings (SSSR count). The molecule has 0 amide bonds. The van der Waals surface area contributed by atoms with Crippen molar-refractivity contribution in [3.8, 4) is 22.3 Å². The van der Waals surface area contributed by atoms with Crippen molar-refractivity contribution in [1.29, 1.82) is 0 Å². The number of H-pyrrole nitrogens is 1. The third-order valence-corrected chi connectivity index (χ3v) is 3.20. The maximum atomic E-state index is 5.48. The van der Waals surface area contributed by atoms with Crippen LogP contribution >= 0.6 is 11.3 Å². The molecule has 0 bridgehead atoms. The number of nitrogens with two attached hydrogens (primary N) is 1. The van der Waals surface area contributed by atoms with Gasteiger partial charge in [-0.25, -0.2) is 4.98 Å². The standard InChI is InChI=1S/C11H10N4OS/c12-6-7-3-4-8(16-7)10-13-11(15-14-10)9-2-1-5-17-9/h1-5H,6,12H2,(H,13,14,15). The Balaban J connectivity index is 1.94. The summed E-state index contributed by atoms with van der Waals surface area (Å²) in [6, 6.07) is 7.62. The Morgan fingerprint density at radius 3 is 3.00 bits per heavy atom. The minimum atomic E-state index is 0.377. The molecule has 6 heteroatoms. The first-order valence-electron chi connectivity index (χ1n) is 5.12. The summed E-state index contributed by atoms with van der Waals surface area (Å²) in [6.45, 7) is 0.377. The minimum absolute atomic E-state index is 0.377. The number of furan rings is 1. The number of nitrogens with one attached hydrogen (secondary N) is 1. The largest absolute Gasteiger partial charge is 0.456 e. The van der Waals surface area contributed by atoms with E-state index in [-0.39, 0.29) is 0 Å². The van der Waals surface area contributed by atoms with E-state index >= 15 is 0 Å². The van der Waals surface area contributed by atoms with Crippen molar-refractivity contribution in [2.75, 3.05) is 0 Å². The molecule has 3 aromatic heterocycles. The molecule has 3 aromatic rings. The maximum Gasteiger partial charge on any atom is 0.217 e. The van der Waals surface area contributed by atoms with Gasteiger partial charge in [-0.05, 0) is 23.6 Å². The topological polar surface area (TPSA) is 80.7 Å². The molecule has 0 spiro atoms. The van der Waals surface area contributed by atoms with E-state index in [1.165, 1.54) is 0 Å². The first-order chi connectivity index (χ1) is 8.36. The van der Waals surface area contributed by atoms with Crippen LogP contribution < -0.4 is 5.73 Å². The second-order valence-electron chi connectivity index (χ2n) is 3.46. The first-order valence-corrected chi connectivity index (χ1v) is 6.00. The van der Waals surface area contributed by atoms with Gasteiger partial charge in [-0.1, -0.05) is 6.07 Å². The lowest BCUT2D eigenvalue weighted by Crippen LogP contribution is -1.92. The number of nitrogens with zero attached hydrogens (tertiary/aromatic N) is 2. The molecule has 0 aromatic carbocycles. The van der Waals surface area contributed by atoms with Crippen molar-refractivity contribution in [2.45, 2.75) is 6.54 Å². The summed E-state index contributed by atoms with van der Waals surface area (Å²) in [4.78, 5) is 5.43. The Bertz CT molecular complexity index is 611. The van der Waals surface area contributed by atoms with E-state index in [4.69, 9.17) is 10.2 Å². The van der Waals surface area contributed by atoms with Crippen LogP contribution in [-0.2, 0) is 6.54 Å². The molecular formula is C11H10N4OS. The minimum Gasteiger partial charge on any atom is -0.456 e. The Kier molecular flexibility index (Phi) is 2.50. The number of aromatic nitrogens is 3. The Labute approximate surface area is 101 Å². The molecule has 0 aliphatic heterocycles. The van der Waals surface area contributed by atoms with Crippen LogP contribution in [0.25, 0.3) is 22.3 Å². The van der Waals surface area contributed by atoms with Crippen LogP contribution in [0.4, 0.5) is 0 Å². The smallest absolute Gasteiger partial charge is 0.217 e. The van der Waals surface area contributed by atoms with Crippen LogP contribution in [0, 0.1) is 0 Å². The van der Waals surface area contributed by atoms with E-state index in [1.807, 2.05) is 29.6 Å². The van der Waals surface area contributed by atoms with Gasteiger partial charge < -0.3 is 10.2 Å². The second kappa shape index (κ2) is 4.15. The fourth-order valence-electron chi connectivity index (χ4n) is 1.50. The monoisotopic (exact) mass is 246 g/mol. The number of hydrogen-bond donors (Lipinski definition) is 2. The van der Waals surface area contributed by atoms with Gasteiger partial charge in [0.25, 0.3) is 0 Å². The summed E-state index contributed by atoms with van der Waals surface area (Å²) in [6.07, 6.45) is 0. The molecule has 3 heterocycles. The summed E-state index contributed by atoms with van der Waals surface area (Å²) >= 11 is 1.61. The highest BCUT2D eigenvalue weighted by molar-refractivity contribution is 7.13. The predicted molar refractivity (Wildman–Crippen MR) is 65.3 cm³/mol. The van der Waals surface area contributed by atoms with Crippen molar-refractivity contribution in [3.05, 3.63) is 35.4 Å². The molecule has 17 heavy (non-hydrogen) atoms. The highest BCUT2D eigenvalue weighted by Crippen LogP contribution is 2.24. The fraction of sp³-hybridized carbons (Fsp3) is 0.0909. The molecule has 0 atom stereocenters. The SMILES string of the molecule is NCc1ccc(-c2n[nH]c(-c3cccs3)n2)o1. The van der Waals surface area contributed by atoms with Crippen molar-refractivity contribution in [3.63, 3.8) is 0 Å². The van der Waals surface area contributed by atoms with E-state index in [9.17, 15) is 0 Å². The third kappa shape index (κ3) is 1.88. The molecule has 0 radical (unpaired) electrons. The summed E-state index contributed by atoms with van der Waals surface area (Å²) in [5.41, 5.74) is 5.48. The molecule has 5 nitrogen and oxygen atoms in total. The van der Waals surface area contributed by atoms with Crippen LogP contribution in [0.3, 0.4) is 0 Å². The predicted octanol–water partition coefficient (Wildman–Crippen LogP) is 2.25. The van der Waals surface area contributed by atoms with E-state index in [2.05, 4.69) is 15.2 Å². The molecule has 0 aliphatic carbocycles. The summed E-state index contributed by atoms with van der Waals surface area (Å²) < 4.78 is 5.48. The van der Waals surface area contributed by atoms with E-state index in [0.29, 0.717) is 18.1 Å². The fourth-order valence-corrected chi connectivity index (χ4v) is 2.17. The van der Waals surface area contributed by atoms with E-state index < -0.39 is 0 Å². The molecule has 86 valence electrons. The van der Waals surface area contributed by atoms with Crippen molar-refractivity contribution in [2.24, 2.45) is 5.73 Å². The van der Waals surface area contributed by atoms with Crippen LogP contribution in [0.1, 0.15) is 5.76 Å². The Morgan fingerprint density at radius 1 is 1.35 bits per heavy atom. The van der Waals surface area contributed by atoms with Crippen LogP contribution in [0.2, 0.25) is 0 Å². The van der Waals surface area contributed by atoms with Gasteiger partial charge in [-0.2, -0.15) is 0 Å². The van der Waals surface area contributed by atoms with E-state index in [1.54, 1.807) is 11.3 Å². The zero-order valence-electron chi connectivity index (χ0n) is 8.88. The average molecular weight is 246 g/mol. The van der Waals surface area contributed by atoms with Crippen molar-refractivity contribution < 1.29 is 4.42 Å². The van der Waals surface area contributed by atoms with Crippen molar-refractivity contribution in [1.82, 2.24) is 15.2 Å². The van der Waals surface area contributed by atoms with Gasteiger partial charge in [-0.3, -0.25) is 5.10 Å². The van der Waals surface area contributed by atoms with Gasteiger partial charge in [0.1, 0.15) is 5.76 Å². The van der Waals surface area contributed by atoms with Gasteiger partial charge >= 0.3 is 0 Å². The van der Waals surface area contributed by atoms with Gasteiger partial charge in [0, 0.05) is 0 Å². The summed E-state index contributed by atoms with van der Waals surface area (Å²) in [7, 11) is 0. The normalized spacial score (nSPS) is 10.9. The average Bonchev–Trinajstić information content (AvgIpc) is 3.09. The van der Waals surface area contributed by atoms with Gasteiger partial charge in [-0.15, -0.1) is 16.4 Å². The number of aromatic amines is 1. The highest BCUT2D eigenvalue weighted by atomic mass is 32.1. The molecule has 0 saturated carbocycles. The quantitative estimate of drug-likeness (QED) is 0.742. The Morgan fingerprint density at radius 2 is 2.29 bits per heavy atom. The zero-order chi connectivity index (χ0) is 11.7. The lowest BCUT2D eigenvalue weighted by molar-refractivity contribution is 0.522. The molecule has 0 aliphatic rings. The van der Waals surface area contributed by atoms with Gasteiger partial charge in [0.05, 0.1) is 11.4 Å².